The molecular formula is C13H24N2O. The van der Waals surface area contributed by atoms with Gasteiger partial charge in [0.2, 0.25) is 5.91 Å². The minimum absolute atomic E-state index is 0.223. The third-order valence-corrected chi connectivity index (χ3v) is 4.37. The fourth-order valence-corrected chi connectivity index (χ4v) is 3.18. The molecule has 0 bridgehead atoms. The van der Waals surface area contributed by atoms with Gasteiger partial charge in [0.25, 0.3) is 0 Å². The summed E-state index contributed by atoms with van der Waals surface area (Å²) in [4.78, 5) is 11.9. The maximum absolute atomic E-state index is 11.9. The molecule has 2 rings (SSSR count). The predicted molar refractivity (Wildman–Crippen MR) is 64.9 cm³/mol. The van der Waals surface area contributed by atoms with E-state index in [9.17, 15) is 4.79 Å². The van der Waals surface area contributed by atoms with Crippen molar-refractivity contribution < 1.29 is 4.79 Å². The van der Waals surface area contributed by atoms with Crippen molar-refractivity contribution in [2.75, 3.05) is 0 Å². The van der Waals surface area contributed by atoms with Crippen LogP contribution in [0.25, 0.3) is 0 Å². The predicted octanol–water partition coefficient (Wildman–Crippen LogP) is 1.81. The zero-order valence-corrected chi connectivity index (χ0v) is 10.2. The first-order chi connectivity index (χ1) is 7.66. The molecular weight excluding hydrogens is 200 g/mol. The van der Waals surface area contributed by atoms with Gasteiger partial charge in [0, 0.05) is 18.5 Å². The Morgan fingerprint density at radius 3 is 2.56 bits per heavy atom. The van der Waals surface area contributed by atoms with Gasteiger partial charge in [0.1, 0.15) is 0 Å². The van der Waals surface area contributed by atoms with E-state index >= 15 is 0 Å². The van der Waals surface area contributed by atoms with Crippen molar-refractivity contribution in [2.45, 2.75) is 64.0 Å². The van der Waals surface area contributed by atoms with Crippen LogP contribution in [-0.2, 0) is 4.79 Å². The summed E-state index contributed by atoms with van der Waals surface area (Å²) in [6.07, 6.45) is 7.74. The first-order valence-corrected chi connectivity index (χ1v) is 6.71. The summed E-state index contributed by atoms with van der Waals surface area (Å²) in [5, 5.41) is 3.18. The van der Waals surface area contributed by atoms with Crippen molar-refractivity contribution >= 4 is 5.91 Å². The van der Waals surface area contributed by atoms with E-state index in [1.807, 2.05) is 0 Å². The van der Waals surface area contributed by atoms with Crippen molar-refractivity contribution in [3.63, 3.8) is 0 Å². The van der Waals surface area contributed by atoms with Crippen LogP contribution < -0.4 is 11.1 Å². The minimum Gasteiger partial charge on any atom is -0.353 e. The van der Waals surface area contributed by atoms with E-state index in [-0.39, 0.29) is 11.9 Å². The number of carbonyl (C=O) groups excluding carboxylic acids is 1. The van der Waals surface area contributed by atoms with Crippen LogP contribution in [0.15, 0.2) is 0 Å². The molecule has 92 valence electrons. The molecule has 1 amide bonds. The molecule has 16 heavy (non-hydrogen) atoms. The van der Waals surface area contributed by atoms with Crippen LogP contribution in [-0.4, -0.2) is 18.0 Å². The third-order valence-electron chi connectivity index (χ3n) is 4.37. The van der Waals surface area contributed by atoms with Crippen LogP contribution >= 0.6 is 0 Å². The van der Waals surface area contributed by atoms with Crippen LogP contribution in [0.3, 0.4) is 0 Å². The van der Waals surface area contributed by atoms with Crippen LogP contribution in [0, 0.1) is 11.8 Å². The summed E-state index contributed by atoms with van der Waals surface area (Å²) in [6, 6.07) is 0.678. The molecule has 0 aromatic heterocycles. The quantitative estimate of drug-likeness (QED) is 0.768. The number of amides is 1. The topological polar surface area (TPSA) is 55.1 Å². The number of carbonyl (C=O) groups is 1. The van der Waals surface area contributed by atoms with Crippen LogP contribution in [0.4, 0.5) is 0 Å². The average molecular weight is 224 g/mol. The number of nitrogens with two attached hydrogens (primary N) is 1. The summed E-state index contributed by atoms with van der Waals surface area (Å²) in [7, 11) is 0. The minimum atomic E-state index is 0.223. The van der Waals surface area contributed by atoms with Crippen molar-refractivity contribution in [1.82, 2.24) is 5.32 Å². The van der Waals surface area contributed by atoms with E-state index in [4.69, 9.17) is 5.73 Å². The highest BCUT2D eigenvalue weighted by Gasteiger charge is 2.29. The first kappa shape index (κ1) is 11.9. The lowest BCUT2D eigenvalue weighted by atomic mass is 9.99. The van der Waals surface area contributed by atoms with Gasteiger partial charge < -0.3 is 11.1 Å². The number of nitrogens with one attached hydrogen (secondary N) is 1. The van der Waals surface area contributed by atoms with Gasteiger partial charge in [0.15, 0.2) is 0 Å². The molecule has 3 heteroatoms. The first-order valence-electron chi connectivity index (χ1n) is 6.71. The van der Waals surface area contributed by atoms with Crippen molar-refractivity contribution in [3.05, 3.63) is 0 Å². The number of hydrogen-bond donors (Lipinski definition) is 2. The Hall–Kier alpha value is -0.570. The van der Waals surface area contributed by atoms with Gasteiger partial charge in [-0.05, 0) is 37.5 Å². The lowest BCUT2D eigenvalue weighted by molar-refractivity contribution is -0.123. The highest BCUT2D eigenvalue weighted by atomic mass is 16.1. The van der Waals surface area contributed by atoms with E-state index in [1.165, 1.54) is 19.3 Å². The average Bonchev–Trinajstić information content (AvgIpc) is 2.79. The molecule has 3 N–H and O–H groups in total. The zero-order valence-electron chi connectivity index (χ0n) is 10.2. The van der Waals surface area contributed by atoms with E-state index in [0.29, 0.717) is 24.3 Å². The van der Waals surface area contributed by atoms with Gasteiger partial charge in [-0.1, -0.05) is 19.8 Å². The van der Waals surface area contributed by atoms with Gasteiger partial charge in [0.05, 0.1) is 0 Å². The molecule has 0 heterocycles. The molecule has 2 fully saturated rings. The fraction of sp³-hybridized carbons (Fsp3) is 0.923. The summed E-state index contributed by atoms with van der Waals surface area (Å²) in [5.74, 6) is 1.30. The van der Waals surface area contributed by atoms with Gasteiger partial charge >= 0.3 is 0 Å². The molecule has 0 spiro atoms. The Morgan fingerprint density at radius 2 is 2.00 bits per heavy atom. The molecule has 2 unspecified atom stereocenters. The Morgan fingerprint density at radius 1 is 1.25 bits per heavy atom. The molecule has 0 aromatic carbocycles. The highest BCUT2D eigenvalue weighted by Crippen LogP contribution is 2.28. The van der Waals surface area contributed by atoms with Gasteiger partial charge in [-0.25, -0.2) is 0 Å². The molecule has 2 saturated carbocycles. The van der Waals surface area contributed by atoms with Crippen molar-refractivity contribution in [3.8, 4) is 0 Å². The Balaban J connectivity index is 1.75. The third kappa shape index (κ3) is 2.76. The van der Waals surface area contributed by atoms with E-state index in [2.05, 4.69) is 12.2 Å². The fourth-order valence-electron chi connectivity index (χ4n) is 3.18. The smallest absolute Gasteiger partial charge is 0.220 e. The van der Waals surface area contributed by atoms with Gasteiger partial charge in [-0.2, -0.15) is 0 Å². The Kier molecular flexibility index (Phi) is 3.85. The molecule has 2 aliphatic rings. The van der Waals surface area contributed by atoms with E-state index in [1.54, 1.807) is 0 Å². The van der Waals surface area contributed by atoms with Gasteiger partial charge in [-0.15, -0.1) is 0 Å². The maximum atomic E-state index is 11.9. The van der Waals surface area contributed by atoms with Crippen LogP contribution in [0.1, 0.15) is 51.9 Å². The molecule has 0 aliphatic heterocycles. The standard InChI is InChI=1S/C13H24N2O/c1-9-4-2-7-12(9)15-13(16)8-10-5-3-6-11(10)14/h9-12H,2-8,14H2,1H3,(H,15,16)/t9?,10-,11+,12?/m0/s1. The SMILES string of the molecule is CC1CCCC1NC(=O)C[C@@H]1CCC[C@H]1N. The molecule has 0 aromatic rings. The molecule has 0 radical (unpaired) electrons. The normalized spacial score (nSPS) is 38.9. The maximum Gasteiger partial charge on any atom is 0.220 e. The van der Waals surface area contributed by atoms with Crippen LogP contribution in [0.5, 0.6) is 0 Å². The summed E-state index contributed by atoms with van der Waals surface area (Å²) in [6.45, 7) is 2.24. The molecule has 0 saturated heterocycles. The largest absolute Gasteiger partial charge is 0.353 e. The second kappa shape index (κ2) is 5.17. The molecule has 2 aliphatic carbocycles. The Bertz CT molecular complexity index is 230. The van der Waals surface area contributed by atoms with E-state index in [0.717, 1.165) is 19.3 Å². The van der Waals surface area contributed by atoms with Crippen molar-refractivity contribution in [1.29, 1.82) is 0 Å². The second-order valence-corrected chi connectivity index (χ2v) is 5.64. The lowest BCUT2D eigenvalue weighted by Gasteiger charge is -2.20. The highest BCUT2D eigenvalue weighted by molar-refractivity contribution is 5.76. The molecule has 3 nitrogen and oxygen atoms in total. The summed E-state index contributed by atoms with van der Waals surface area (Å²) < 4.78 is 0. The van der Waals surface area contributed by atoms with E-state index < -0.39 is 0 Å². The summed E-state index contributed by atoms with van der Waals surface area (Å²) in [5.41, 5.74) is 5.98. The number of rotatable bonds is 3. The van der Waals surface area contributed by atoms with Gasteiger partial charge in [-0.3, -0.25) is 4.79 Å². The zero-order chi connectivity index (χ0) is 11.5. The summed E-state index contributed by atoms with van der Waals surface area (Å²) >= 11 is 0. The Labute approximate surface area is 98.2 Å². The van der Waals surface area contributed by atoms with Crippen molar-refractivity contribution in [2.24, 2.45) is 17.6 Å². The monoisotopic (exact) mass is 224 g/mol. The van der Waals surface area contributed by atoms with Crippen LogP contribution in [0.2, 0.25) is 0 Å². The lowest BCUT2D eigenvalue weighted by Crippen LogP contribution is -2.38. The number of hydrogen-bond acceptors (Lipinski definition) is 2. The molecule has 4 atom stereocenters. The second-order valence-electron chi connectivity index (χ2n) is 5.64.